The number of nitrogens with one attached hydrogen (secondary N) is 1. The van der Waals surface area contributed by atoms with Crippen molar-refractivity contribution < 1.29 is 24.5 Å². The normalized spacial score (nSPS) is 29.9. The van der Waals surface area contributed by atoms with E-state index < -0.39 is 23.1 Å². The van der Waals surface area contributed by atoms with E-state index >= 15 is 0 Å². The molecule has 3 rings (SSSR count). The molecule has 6 nitrogen and oxygen atoms in total. The fourth-order valence-corrected chi connectivity index (χ4v) is 3.23. The van der Waals surface area contributed by atoms with E-state index in [9.17, 15) is 19.8 Å². The maximum Gasteiger partial charge on any atom is 0.339 e. The first-order valence-electron chi connectivity index (χ1n) is 7.57. The predicted octanol–water partition coefficient (Wildman–Crippen LogP) is 0.978. The second-order valence-electron chi connectivity index (χ2n) is 6.04. The molecule has 6 heteroatoms. The lowest BCUT2D eigenvalue weighted by atomic mass is 9.85. The molecule has 122 valence electrons. The summed E-state index contributed by atoms with van der Waals surface area (Å²) in [5.74, 6) is -1.51. The van der Waals surface area contributed by atoms with E-state index in [1.807, 2.05) is 6.92 Å². The summed E-state index contributed by atoms with van der Waals surface area (Å²) in [5.41, 5.74) is -4.02. The van der Waals surface area contributed by atoms with E-state index in [0.29, 0.717) is 6.42 Å². The molecular weight excluding hydrogens is 298 g/mol. The van der Waals surface area contributed by atoms with Gasteiger partial charge in [0.2, 0.25) is 17.1 Å². The van der Waals surface area contributed by atoms with Crippen LogP contribution in [-0.2, 0) is 15.3 Å². The number of Topliss-reactive ketones (excluding diaryl/α,β-unsaturated/α-hetero) is 1. The number of hydrogen-bond donors (Lipinski definition) is 3. The van der Waals surface area contributed by atoms with Gasteiger partial charge in [0.1, 0.15) is 5.57 Å². The van der Waals surface area contributed by atoms with E-state index in [1.54, 1.807) is 25.1 Å². The van der Waals surface area contributed by atoms with Crippen molar-refractivity contribution in [3.05, 3.63) is 46.7 Å². The lowest BCUT2D eigenvalue weighted by Gasteiger charge is -2.32. The van der Waals surface area contributed by atoms with Crippen molar-refractivity contribution in [1.29, 1.82) is 0 Å². The number of rotatable bonds is 3. The van der Waals surface area contributed by atoms with Gasteiger partial charge in [0.25, 0.3) is 0 Å². The summed E-state index contributed by atoms with van der Waals surface area (Å²) in [6, 6.07) is 6.36. The fraction of sp³-hybridized carbons (Fsp3) is 0.412. The van der Waals surface area contributed by atoms with E-state index in [0.717, 1.165) is 0 Å². The fourth-order valence-electron chi connectivity index (χ4n) is 3.23. The summed E-state index contributed by atoms with van der Waals surface area (Å²) < 4.78 is 5.26. The zero-order valence-corrected chi connectivity index (χ0v) is 13.2. The maximum atomic E-state index is 12.7. The molecule has 0 fully saturated rings. The van der Waals surface area contributed by atoms with Crippen LogP contribution in [0.5, 0.6) is 0 Å². The summed E-state index contributed by atoms with van der Waals surface area (Å²) in [4.78, 5) is 25.2. The first kappa shape index (κ1) is 15.7. The lowest BCUT2D eigenvalue weighted by molar-refractivity contribution is -0.151. The highest BCUT2D eigenvalue weighted by atomic mass is 16.5. The molecule has 1 aliphatic carbocycles. The quantitative estimate of drug-likeness (QED) is 0.719. The molecule has 0 saturated heterocycles. The molecule has 1 heterocycles. The number of ether oxygens (including phenoxy) is 1. The molecule has 0 saturated carbocycles. The Morgan fingerprint density at radius 1 is 1.35 bits per heavy atom. The third-order valence-electron chi connectivity index (χ3n) is 4.61. The second kappa shape index (κ2) is 4.91. The van der Waals surface area contributed by atoms with Crippen LogP contribution in [0.2, 0.25) is 0 Å². The third kappa shape index (κ3) is 1.82. The Morgan fingerprint density at radius 3 is 2.65 bits per heavy atom. The summed E-state index contributed by atoms with van der Waals surface area (Å²) >= 11 is 0. The van der Waals surface area contributed by atoms with Gasteiger partial charge in [-0.2, -0.15) is 0 Å². The van der Waals surface area contributed by atoms with Crippen LogP contribution in [0, 0.1) is 0 Å². The lowest BCUT2D eigenvalue weighted by Crippen LogP contribution is -2.56. The number of carbonyl (C=O) groups is 2. The van der Waals surface area contributed by atoms with Crippen LogP contribution in [0.3, 0.4) is 0 Å². The van der Waals surface area contributed by atoms with E-state index in [1.165, 1.54) is 13.0 Å². The van der Waals surface area contributed by atoms with Crippen LogP contribution in [0.1, 0.15) is 43.1 Å². The number of benzene rings is 1. The average Bonchev–Trinajstić information content (AvgIpc) is 2.82. The van der Waals surface area contributed by atoms with E-state index in [4.69, 9.17) is 4.74 Å². The molecule has 0 radical (unpaired) electrons. The predicted molar refractivity (Wildman–Crippen MR) is 81.3 cm³/mol. The summed E-state index contributed by atoms with van der Waals surface area (Å²) in [5, 5.41) is 24.7. The Labute approximate surface area is 133 Å². The van der Waals surface area contributed by atoms with Crippen molar-refractivity contribution in [3.8, 4) is 0 Å². The van der Waals surface area contributed by atoms with E-state index in [2.05, 4.69) is 5.32 Å². The molecule has 0 spiro atoms. The smallest absolute Gasteiger partial charge is 0.339 e. The Bertz CT molecular complexity index is 740. The van der Waals surface area contributed by atoms with E-state index in [-0.39, 0.29) is 28.5 Å². The Morgan fingerprint density at radius 2 is 2.00 bits per heavy atom. The third-order valence-corrected chi connectivity index (χ3v) is 4.61. The van der Waals surface area contributed by atoms with Gasteiger partial charge in [0.15, 0.2) is 0 Å². The van der Waals surface area contributed by atoms with Crippen LogP contribution < -0.4 is 5.32 Å². The molecule has 1 aromatic carbocycles. The largest absolute Gasteiger partial charge is 0.459 e. The molecule has 0 unspecified atom stereocenters. The molecule has 3 atom stereocenters. The molecule has 3 N–H and O–H groups in total. The van der Waals surface area contributed by atoms with Crippen LogP contribution in [0.4, 0.5) is 0 Å². The van der Waals surface area contributed by atoms with Crippen molar-refractivity contribution in [3.63, 3.8) is 0 Å². The average molecular weight is 317 g/mol. The van der Waals surface area contributed by atoms with Crippen molar-refractivity contribution in [1.82, 2.24) is 5.32 Å². The number of allylic oxidation sites excluding steroid dienone is 1. The second-order valence-corrected chi connectivity index (χ2v) is 6.04. The highest BCUT2D eigenvalue weighted by Gasteiger charge is 2.70. The van der Waals surface area contributed by atoms with Crippen molar-refractivity contribution in [2.45, 2.75) is 44.6 Å². The van der Waals surface area contributed by atoms with Crippen molar-refractivity contribution in [2.75, 3.05) is 0 Å². The standard InChI is InChI=1S/C17H19NO5/c1-4-9(2)23-15(20)13-10(3)18-17(22)12-8-6-5-7-11(12)14(19)16(13,17)21/h5-9,18,21-22H,4H2,1-3H3/t9-,16-,17-/m0/s1. The minimum absolute atomic E-state index is 0.186. The maximum absolute atomic E-state index is 12.7. The van der Waals surface area contributed by atoms with Crippen LogP contribution >= 0.6 is 0 Å². The SMILES string of the molecule is CC[C@H](C)OC(=O)C1=C(C)N[C@]2(O)c3ccccc3C(=O)[C@@]12O. The molecule has 2 aliphatic rings. The molecule has 1 aromatic rings. The first-order chi connectivity index (χ1) is 10.8. The van der Waals surface area contributed by atoms with Gasteiger partial charge in [-0.3, -0.25) is 4.79 Å². The van der Waals surface area contributed by atoms with Gasteiger partial charge in [-0.1, -0.05) is 31.2 Å². The highest BCUT2D eigenvalue weighted by molar-refractivity contribution is 6.16. The molecule has 0 bridgehead atoms. The monoisotopic (exact) mass is 317 g/mol. The van der Waals surface area contributed by atoms with Gasteiger partial charge in [0.05, 0.1) is 6.10 Å². The minimum atomic E-state index is -2.38. The highest BCUT2D eigenvalue weighted by Crippen LogP contribution is 2.51. The van der Waals surface area contributed by atoms with Gasteiger partial charge in [-0.05, 0) is 20.3 Å². The zero-order valence-electron chi connectivity index (χ0n) is 13.2. The summed E-state index contributed by atoms with van der Waals surface area (Å²) in [7, 11) is 0. The van der Waals surface area contributed by atoms with Crippen LogP contribution in [0.25, 0.3) is 0 Å². The number of fused-ring (bicyclic) bond motifs is 3. The van der Waals surface area contributed by atoms with Gasteiger partial charge in [-0.25, -0.2) is 4.79 Å². The van der Waals surface area contributed by atoms with Gasteiger partial charge >= 0.3 is 5.97 Å². The number of carbonyl (C=O) groups excluding carboxylic acids is 2. The van der Waals surface area contributed by atoms with Crippen LogP contribution in [-0.4, -0.2) is 33.7 Å². The van der Waals surface area contributed by atoms with Crippen molar-refractivity contribution in [2.24, 2.45) is 0 Å². The Kier molecular flexibility index (Phi) is 3.35. The first-order valence-corrected chi connectivity index (χ1v) is 7.57. The summed E-state index contributed by atoms with van der Waals surface area (Å²) in [6.45, 7) is 5.10. The topological polar surface area (TPSA) is 95.9 Å². The Balaban J connectivity index is 2.11. The minimum Gasteiger partial charge on any atom is -0.459 e. The van der Waals surface area contributed by atoms with Gasteiger partial charge in [-0.15, -0.1) is 0 Å². The number of hydrogen-bond acceptors (Lipinski definition) is 6. The van der Waals surface area contributed by atoms with Crippen LogP contribution in [0.15, 0.2) is 35.5 Å². The zero-order chi connectivity index (χ0) is 17.0. The Hall–Kier alpha value is -2.18. The number of esters is 1. The molecule has 0 amide bonds. The summed E-state index contributed by atoms with van der Waals surface area (Å²) in [6.07, 6.45) is 0.238. The molecule has 23 heavy (non-hydrogen) atoms. The molecule has 1 aliphatic heterocycles. The van der Waals surface area contributed by atoms with Gasteiger partial charge in [0, 0.05) is 16.8 Å². The number of ketones is 1. The number of aliphatic hydroxyl groups is 2. The molecule has 0 aromatic heterocycles. The van der Waals surface area contributed by atoms with Gasteiger partial charge < -0.3 is 20.3 Å². The van der Waals surface area contributed by atoms with Crippen molar-refractivity contribution >= 4 is 11.8 Å². The molecular formula is C17H19NO5.